The maximum absolute atomic E-state index is 3.16. The van der Waals surface area contributed by atoms with E-state index >= 15 is 0 Å². The van der Waals surface area contributed by atoms with Crippen LogP contribution in [0.25, 0.3) is 5.57 Å². The minimum atomic E-state index is 1.14. The van der Waals surface area contributed by atoms with Crippen molar-refractivity contribution in [1.29, 1.82) is 0 Å². The summed E-state index contributed by atoms with van der Waals surface area (Å²) in [6, 6.07) is 10.4. The quantitative estimate of drug-likeness (QED) is 0.608. The Hall–Kier alpha value is -1.78. The summed E-state index contributed by atoms with van der Waals surface area (Å²) in [6.45, 7) is 2.12. The largest absolute Gasteiger partial charge is 0.113 e. The molecule has 1 aliphatic carbocycles. The second-order valence-corrected chi connectivity index (χ2v) is 3.32. The summed E-state index contributed by atoms with van der Waals surface area (Å²) in [6.07, 6.45) is 8.15. The standard InChI is InChI=1S/C14H12/c1-12(11-13-7-5-6-8-13)14-9-3-2-4-10-14/h2-7,9-11H,1H3/b12-11+. The Morgan fingerprint density at radius 2 is 2.00 bits per heavy atom. The van der Waals surface area contributed by atoms with Crippen LogP contribution in [0, 0.1) is 0 Å². The summed E-state index contributed by atoms with van der Waals surface area (Å²) in [4.78, 5) is 0. The van der Waals surface area contributed by atoms with E-state index in [4.69, 9.17) is 0 Å². The molecule has 0 nitrogen and oxygen atoms in total. The van der Waals surface area contributed by atoms with Crippen molar-refractivity contribution in [2.75, 3.05) is 0 Å². The van der Waals surface area contributed by atoms with Crippen LogP contribution in [-0.4, -0.2) is 0 Å². The Bertz CT molecular complexity index is 438. The fourth-order valence-electron chi connectivity index (χ4n) is 1.45. The fourth-order valence-corrected chi connectivity index (χ4v) is 1.45. The van der Waals surface area contributed by atoms with E-state index < -0.39 is 0 Å². The molecule has 0 amide bonds. The summed E-state index contributed by atoms with van der Waals surface area (Å²) in [5.74, 6) is 0. The average Bonchev–Trinajstić information content (AvgIpc) is 2.72. The summed E-state index contributed by atoms with van der Waals surface area (Å²) in [5, 5.41) is 0. The van der Waals surface area contributed by atoms with E-state index in [-0.39, 0.29) is 0 Å². The van der Waals surface area contributed by atoms with Crippen LogP contribution in [0.3, 0.4) is 0 Å². The molecule has 0 atom stereocenters. The van der Waals surface area contributed by atoms with Crippen LogP contribution in [-0.2, 0) is 0 Å². The molecule has 0 radical (unpaired) electrons. The highest BCUT2D eigenvalue weighted by Gasteiger charge is 1.95. The van der Waals surface area contributed by atoms with Crippen LogP contribution in [0.15, 0.2) is 65.9 Å². The molecular formula is C14H12. The number of benzene rings is 1. The molecule has 0 saturated carbocycles. The lowest BCUT2D eigenvalue weighted by Crippen LogP contribution is -1.78. The maximum Gasteiger partial charge on any atom is 0.0167 e. The lowest BCUT2D eigenvalue weighted by Gasteiger charge is -1.99. The molecule has 0 aliphatic heterocycles. The Morgan fingerprint density at radius 1 is 1.21 bits per heavy atom. The number of hydrogen-bond acceptors (Lipinski definition) is 0. The molecule has 0 saturated heterocycles. The smallest absolute Gasteiger partial charge is 0.0167 e. The van der Waals surface area contributed by atoms with Gasteiger partial charge in [-0.2, -0.15) is 0 Å². The number of rotatable bonds is 2. The predicted molar refractivity (Wildman–Crippen MR) is 60.8 cm³/mol. The van der Waals surface area contributed by atoms with Gasteiger partial charge in [-0.05, 0) is 36.3 Å². The van der Waals surface area contributed by atoms with Gasteiger partial charge in [-0.1, -0.05) is 36.4 Å². The van der Waals surface area contributed by atoms with Gasteiger partial charge in [-0.15, -0.1) is 5.73 Å². The lowest BCUT2D eigenvalue weighted by atomic mass is 10.1. The van der Waals surface area contributed by atoms with E-state index in [2.05, 4.69) is 49.1 Å². The molecule has 0 aromatic heterocycles. The molecule has 0 heteroatoms. The molecule has 14 heavy (non-hydrogen) atoms. The third-order valence-corrected chi connectivity index (χ3v) is 2.22. The minimum Gasteiger partial charge on any atom is -0.113 e. The van der Waals surface area contributed by atoms with E-state index in [1.54, 1.807) is 0 Å². The van der Waals surface area contributed by atoms with E-state index in [9.17, 15) is 0 Å². The minimum absolute atomic E-state index is 1.14. The fraction of sp³-hybridized carbons (Fsp3) is 0.0714. The molecule has 1 aliphatic rings. The summed E-state index contributed by atoms with van der Waals surface area (Å²) < 4.78 is 0. The van der Waals surface area contributed by atoms with Crippen molar-refractivity contribution in [2.24, 2.45) is 0 Å². The molecule has 2 rings (SSSR count). The van der Waals surface area contributed by atoms with Crippen LogP contribution in [0.5, 0.6) is 0 Å². The summed E-state index contributed by atoms with van der Waals surface area (Å²) in [7, 11) is 0. The second-order valence-electron chi connectivity index (χ2n) is 3.32. The zero-order chi connectivity index (χ0) is 9.80. The first-order valence-electron chi connectivity index (χ1n) is 4.73. The highest BCUT2D eigenvalue weighted by atomic mass is 14.0. The first-order valence-corrected chi connectivity index (χ1v) is 4.73. The van der Waals surface area contributed by atoms with Gasteiger partial charge in [-0.25, -0.2) is 0 Å². The molecular weight excluding hydrogens is 168 g/mol. The Balaban J connectivity index is 2.28. The van der Waals surface area contributed by atoms with Crippen molar-refractivity contribution in [3.8, 4) is 0 Å². The van der Waals surface area contributed by atoms with Gasteiger partial charge in [0.15, 0.2) is 0 Å². The Morgan fingerprint density at radius 3 is 2.64 bits per heavy atom. The molecule has 0 heterocycles. The highest BCUT2D eigenvalue weighted by Crippen LogP contribution is 2.16. The van der Waals surface area contributed by atoms with Crippen molar-refractivity contribution >= 4 is 5.57 Å². The molecule has 0 N–H and O–H groups in total. The van der Waals surface area contributed by atoms with Gasteiger partial charge in [0, 0.05) is 5.57 Å². The van der Waals surface area contributed by atoms with Gasteiger partial charge >= 0.3 is 0 Å². The molecule has 0 fully saturated rings. The van der Waals surface area contributed by atoms with Gasteiger partial charge in [0.05, 0.1) is 0 Å². The molecule has 1 aromatic rings. The normalized spacial score (nSPS) is 14.6. The van der Waals surface area contributed by atoms with Crippen LogP contribution in [0.2, 0.25) is 0 Å². The van der Waals surface area contributed by atoms with Gasteiger partial charge in [-0.3, -0.25) is 0 Å². The topological polar surface area (TPSA) is 0 Å². The first-order chi connectivity index (χ1) is 6.86. The highest BCUT2D eigenvalue weighted by molar-refractivity contribution is 5.67. The van der Waals surface area contributed by atoms with Crippen LogP contribution >= 0.6 is 0 Å². The Kier molecular flexibility index (Phi) is 2.48. The van der Waals surface area contributed by atoms with Crippen LogP contribution in [0.1, 0.15) is 12.5 Å². The number of hydrogen-bond donors (Lipinski definition) is 0. The zero-order valence-corrected chi connectivity index (χ0v) is 8.20. The van der Waals surface area contributed by atoms with Crippen molar-refractivity contribution in [1.82, 2.24) is 0 Å². The van der Waals surface area contributed by atoms with E-state index in [1.807, 2.05) is 18.2 Å². The lowest BCUT2D eigenvalue weighted by molar-refractivity contribution is 1.55. The first kappa shape index (κ1) is 8.80. The van der Waals surface area contributed by atoms with Crippen molar-refractivity contribution in [3.63, 3.8) is 0 Å². The summed E-state index contributed by atoms with van der Waals surface area (Å²) in [5.41, 5.74) is 6.84. The molecule has 0 bridgehead atoms. The van der Waals surface area contributed by atoms with Crippen molar-refractivity contribution < 1.29 is 0 Å². The van der Waals surface area contributed by atoms with Crippen molar-refractivity contribution in [3.05, 3.63) is 71.5 Å². The third kappa shape index (κ3) is 1.93. The third-order valence-electron chi connectivity index (χ3n) is 2.22. The van der Waals surface area contributed by atoms with Gasteiger partial charge in [0.25, 0.3) is 0 Å². The number of allylic oxidation sites excluding steroid dienone is 5. The van der Waals surface area contributed by atoms with Crippen molar-refractivity contribution in [2.45, 2.75) is 6.92 Å². The van der Waals surface area contributed by atoms with Gasteiger partial charge in [0.1, 0.15) is 0 Å². The Labute approximate surface area is 84.6 Å². The van der Waals surface area contributed by atoms with Gasteiger partial charge < -0.3 is 0 Å². The van der Waals surface area contributed by atoms with Gasteiger partial charge in [0.2, 0.25) is 0 Å². The molecule has 0 spiro atoms. The molecule has 0 unspecified atom stereocenters. The van der Waals surface area contributed by atoms with E-state index in [1.165, 1.54) is 11.1 Å². The molecule has 1 aromatic carbocycles. The predicted octanol–water partition coefficient (Wildman–Crippen LogP) is 3.74. The SMILES string of the molecule is C/C(=C\C1=C=CC=C1)c1ccccc1. The van der Waals surface area contributed by atoms with Crippen LogP contribution < -0.4 is 0 Å². The summed E-state index contributed by atoms with van der Waals surface area (Å²) >= 11 is 0. The maximum atomic E-state index is 3.16. The van der Waals surface area contributed by atoms with E-state index in [0.29, 0.717) is 0 Å². The molecule has 68 valence electrons. The average molecular weight is 180 g/mol. The van der Waals surface area contributed by atoms with E-state index in [0.717, 1.165) is 5.57 Å². The monoisotopic (exact) mass is 180 g/mol. The second kappa shape index (κ2) is 3.95. The van der Waals surface area contributed by atoms with Crippen LogP contribution in [0.4, 0.5) is 0 Å². The zero-order valence-electron chi connectivity index (χ0n) is 8.20.